The fraction of sp³-hybridized carbons (Fsp3) is 0.917. The minimum absolute atomic E-state index is 0.154. The van der Waals surface area contributed by atoms with Crippen LogP contribution in [-0.2, 0) is 9.59 Å². The van der Waals surface area contributed by atoms with Gasteiger partial charge in [0.15, 0.2) is 0 Å². The maximum absolute atomic E-state index is 11.6. The van der Waals surface area contributed by atoms with E-state index in [0.717, 1.165) is 38.5 Å². The molecular formula is C24H47NO4. The summed E-state index contributed by atoms with van der Waals surface area (Å²) in [4.78, 5) is 22.0. The van der Waals surface area contributed by atoms with Gasteiger partial charge in [-0.25, -0.2) is 0 Å². The van der Waals surface area contributed by atoms with E-state index in [9.17, 15) is 9.59 Å². The fourth-order valence-corrected chi connectivity index (χ4v) is 3.59. The van der Waals surface area contributed by atoms with E-state index in [1.807, 2.05) is 0 Å². The van der Waals surface area contributed by atoms with Crippen LogP contribution in [0.3, 0.4) is 0 Å². The minimum Gasteiger partial charge on any atom is -0.481 e. The topological polar surface area (TPSA) is 86.6 Å². The van der Waals surface area contributed by atoms with Gasteiger partial charge in [0, 0.05) is 26.0 Å². The molecule has 0 aromatic rings. The number of nitrogens with one attached hydrogen (secondary N) is 1. The predicted molar refractivity (Wildman–Crippen MR) is 120 cm³/mol. The summed E-state index contributed by atoms with van der Waals surface area (Å²) in [6, 6.07) is 0. The predicted octanol–water partition coefficient (Wildman–Crippen LogP) is 5.98. The summed E-state index contributed by atoms with van der Waals surface area (Å²) in [6.45, 7) is 0.892. The Balaban J connectivity index is 3.10. The molecule has 0 heterocycles. The van der Waals surface area contributed by atoms with Crippen molar-refractivity contribution in [1.82, 2.24) is 5.32 Å². The SMILES string of the molecule is O=C(O)CCCCCCCCCCCCCCCCCCC(=O)NCCCCO. The third-order valence-electron chi connectivity index (χ3n) is 5.45. The van der Waals surface area contributed by atoms with Crippen molar-refractivity contribution in [2.45, 2.75) is 128 Å². The van der Waals surface area contributed by atoms with E-state index in [1.54, 1.807) is 0 Å². The molecule has 0 unspecified atom stereocenters. The van der Waals surface area contributed by atoms with E-state index >= 15 is 0 Å². The monoisotopic (exact) mass is 413 g/mol. The summed E-state index contributed by atoms with van der Waals surface area (Å²) >= 11 is 0. The highest BCUT2D eigenvalue weighted by atomic mass is 16.4. The van der Waals surface area contributed by atoms with E-state index in [4.69, 9.17) is 10.2 Å². The number of aliphatic hydroxyl groups is 1. The normalized spacial score (nSPS) is 10.9. The number of aliphatic hydroxyl groups excluding tert-OH is 1. The Hall–Kier alpha value is -1.10. The first-order chi connectivity index (χ1) is 14.2. The lowest BCUT2D eigenvalue weighted by Crippen LogP contribution is -2.24. The molecule has 0 aliphatic heterocycles. The van der Waals surface area contributed by atoms with Crippen LogP contribution in [-0.4, -0.2) is 35.2 Å². The Morgan fingerprint density at radius 1 is 0.517 bits per heavy atom. The van der Waals surface area contributed by atoms with Crippen LogP contribution >= 0.6 is 0 Å². The summed E-state index contributed by atoms with van der Waals surface area (Å²) in [5.74, 6) is -0.516. The molecule has 0 rings (SSSR count). The molecular weight excluding hydrogens is 366 g/mol. The maximum Gasteiger partial charge on any atom is 0.303 e. The molecule has 29 heavy (non-hydrogen) atoms. The third-order valence-corrected chi connectivity index (χ3v) is 5.45. The van der Waals surface area contributed by atoms with Gasteiger partial charge < -0.3 is 15.5 Å². The standard InChI is InChI=1S/C24H47NO4/c26-22-18-17-21-25-23(27)19-15-13-11-9-7-5-3-1-2-4-6-8-10-12-14-16-20-24(28)29/h26H,1-22H2,(H,25,27)(H,28,29). The Labute approximate surface area is 179 Å². The van der Waals surface area contributed by atoms with E-state index in [0.29, 0.717) is 19.4 Å². The van der Waals surface area contributed by atoms with Crippen molar-refractivity contribution in [2.75, 3.05) is 13.2 Å². The number of hydrogen-bond donors (Lipinski definition) is 3. The number of carboxylic acid groups (broad SMARTS) is 1. The number of carboxylic acids is 1. The molecule has 0 aromatic heterocycles. The zero-order valence-corrected chi connectivity index (χ0v) is 18.8. The number of rotatable bonds is 23. The lowest BCUT2D eigenvalue weighted by atomic mass is 10.0. The van der Waals surface area contributed by atoms with E-state index in [1.165, 1.54) is 77.0 Å². The number of carbonyl (C=O) groups is 2. The smallest absolute Gasteiger partial charge is 0.303 e. The van der Waals surface area contributed by atoms with Crippen molar-refractivity contribution in [3.05, 3.63) is 0 Å². The van der Waals surface area contributed by atoms with Crippen LogP contribution in [0.2, 0.25) is 0 Å². The van der Waals surface area contributed by atoms with Gasteiger partial charge in [-0.2, -0.15) is 0 Å². The number of aliphatic carboxylic acids is 1. The molecule has 0 saturated heterocycles. The highest BCUT2D eigenvalue weighted by Gasteiger charge is 2.00. The van der Waals surface area contributed by atoms with Gasteiger partial charge in [-0.1, -0.05) is 89.9 Å². The zero-order chi connectivity index (χ0) is 21.4. The van der Waals surface area contributed by atoms with Crippen molar-refractivity contribution >= 4 is 11.9 Å². The quantitative estimate of drug-likeness (QED) is 0.180. The van der Waals surface area contributed by atoms with Gasteiger partial charge in [0.2, 0.25) is 5.91 Å². The summed E-state index contributed by atoms with van der Waals surface area (Å²) in [5.41, 5.74) is 0. The number of carbonyl (C=O) groups excluding carboxylic acids is 1. The largest absolute Gasteiger partial charge is 0.481 e. The van der Waals surface area contributed by atoms with Gasteiger partial charge >= 0.3 is 5.97 Å². The highest BCUT2D eigenvalue weighted by Crippen LogP contribution is 2.14. The van der Waals surface area contributed by atoms with Crippen LogP contribution in [0, 0.1) is 0 Å². The lowest BCUT2D eigenvalue weighted by Gasteiger charge is -2.05. The first-order valence-corrected chi connectivity index (χ1v) is 12.3. The summed E-state index contributed by atoms with van der Waals surface area (Å²) in [5, 5.41) is 20.2. The van der Waals surface area contributed by atoms with E-state index in [-0.39, 0.29) is 12.5 Å². The molecule has 0 spiro atoms. The van der Waals surface area contributed by atoms with Crippen molar-refractivity contribution in [3.8, 4) is 0 Å². The van der Waals surface area contributed by atoms with Crippen LogP contribution < -0.4 is 5.32 Å². The summed E-state index contributed by atoms with van der Waals surface area (Å²) < 4.78 is 0. The molecule has 0 atom stereocenters. The molecule has 0 aromatic carbocycles. The Morgan fingerprint density at radius 2 is 0.897 bits per heavy atom. The van der Waals surface area contributed by atoms with Gasteiger partial charge in [-0.05, 0) is 25.7 Å². The Morgan fingerprint density at radius 3 is 1.28 bits per heavy atom. The molecule has 3 N–H and O–H groups in total. The minimum atomic E-state index is -0.670. The molecule has 0 aliphatic rings. The van der Waals surface area contributed by atoms with Crippen molar-refractivity contribution in [3.63, 3.8) is 0 Å². The molecule has 0 radical (unpaired) electrons. The number of hydrogen-bond acceptors (Lipinski definition) is 3. The molecule has 172 valence electrons. The summed E-state index contributed by atoms with van der Waals surface area (Å²) in [6.07, 6.45) is 22.3. The molecule has 5 nitrogen and oxygen atoms in total. The number of unbranched alkanes of at least 4 members (excludes halogenated alkanes) is 16. The molecule has 1 amide bonds. The average molecular weight is 414 g/mol. The van der Waals surface area contributed by atoms with Crippen molar-refractivity contribution < 1.29 is 19.8 Å². The molecule has 0 bridgehead atoms. The third kappa shape index (κ3) is 24.9. The van der Waals surface area contributed by atoms with Gasteiger partial charge in [-0.3, -0.25) is 9.59 Å². The molecule has 0 saturated carbocycles. The average Bonchev–Trinajstić information content (AvgIpc) is 2.70. The fourth-order valence-electron chi connectivity index (χ4n) is 3.59. The van der Waals surface area contributed by atoms with Crippen molar-refractivity contribution in [1.29, 1.82) is 0 Å². The molecule has 5 heteroatoms. The highest BCUT2D eigenvalue weighted by molar-refractivity contribution is 5.75. The second-order valence-electron chi connectivity index (χ2n) is 8.33. The van der Waals surface area contributed by atoms with Gasteiger partial charge in [0.1, 0.15) is 0 Å². The molecule has 0 aliphatic carbocycles. The van der Waals surface area contributed by atoms with Crippen LogP contribution in [0.1, 0.15) is 128 Å². The van der Waals surface area contributed by atoms with Crippen LogP contribution in [0.5, 0.6) is 0 Å². The van der Waals surface area contributed by atoms with Crippen LogP contribution in [0.15, 0.2) is 0 Å². The van der Waals surface area contributed by atoms with Crippen LogP contribution in [0.4, 0.5) is 0 Å². The maximum atomic E-state index is 11.6. The Bertz CT molecular complexity index is 374. The zero-order valence-electron chi connectivity index (χ0n) is 18.8. The molecule has 0 fully saturated rings. The van der Waals surface area contributed by atoms with Gasteiger partial charge in [-0.15, -0.1) is 0 Å². The Kier molecular flexibility index (Phi) is 22.3. The first kappa shape index (κ1) is 27.9. The van der Waals surface area contributed by atoms with Crippen LogP contribution in [0.25, 0.3) is 0 Å². The second-order valence-corrected chi connectivity index (χ2v) is 8.33. The van der Waals surface area contributed by atoms with E-state index in [2.05, 4.69) is 5.32 Å². The first-order valence-electron chi connectivity index (χ1n) is 12.3. The lowest BCUT2D eigenvalue weighted by molar-refractivity contribution is -0.137. The van der Waals surface area contributed by atoms with Gasteiger partial charge in [0.25, 0.3) is 0 Å². The van der Waals surface area contributed by atoms with Crippen molar-refractivity contribution in [2.24, 2.45) is 0 Å². The second kappa shape index (κ2) is 23.2. The van der Waals surface area contributed by atoms with Gasteiger partial charge in [0.05, 0.1) is 0 Å². The van der Waals surface area contributed by atoms with E-state index < -0.39 is 5.97 Å². The number of amides is 1. The summed E-state index contributed by atoms with van der Waals surface area (Å²) in [7, 11) is 0.